The lowest BCUT2D eigenvalue weighted by Crippen LogP contribution is -2.21. The highest BCUT2D eigenvalue weighted by atomic mass is 19.4. The fraction of sp³-hybridized carbons (Fsp3) is 0.435. The van der Waals surface area contributed by atoms with Gasteiger partial charge in [-0.25, -0.2) is 0 Å². The van der Waals surface area contributed by atoms with Gasteiger partial charge in [-0.05, 0) is 49.1 Å². The standard InChI is InChI=1S/C23H24F3N5O2/c1-13-11-15(7-8-16(13)20(32)23(24,25)26)29-21-19-18(9-10-28-22(19)33)31(30-21)17-6-4-2-3-5-14(17)12-27/h7-11,14,17,20,32H,2-6H2,1H3,(H,28,33)(H,29,30)/t14-,17+,20?/m0/s1. The number of anilines is 2. The highest BCUT2D eigenvalue weighted by Gasteiger charge is 2.40. The number of pyridine rings is 1. The Morgan fingerprint density at radius 2 is 2.03 bits per heavy atom. The number of nitrogens with one attached hydrogen (secondary N) is 2. The molecule has 3 atom stereocenters. The number of alkyl halides is 3. The Hall–Kier alpha value is -3.32. The van der Waals surface area contributed by atoms with Gasteiger partial charge in [0.2, 0.25) is 0 Å². The van der Waals surface area contributed by atoms with Gasteiger partial charge in [-0.3, -0.25) is 9.48 Å². The minimum Gasteiger partial charge on any atom is -0.379 e. The van der Waals surface area contributed by atoms with Crippen LogP contribution in [0, 0.1) is 24.2 Å². The molecule has 3 aromatic rings. The Labute approximate surface area is 187 Å². The molecule has 1 aliphatic carbocycles. The average Bonchev–Trinajstić information content (AvgIpc) is 2.96. The zero-order chi connectivity index (χ0) is 23.8. The van der Waals surface area contributed by atoms with Gasteiger partial charge in [-0.2, -0.15) is 23.5 Å². The Bertz CT molecular complexity index is 1260. The van der Waals surface area contributed by atoms with Crippen LogP contribution >= 0.6 is 0 Å². The van der Waals surface area contributed by atoms with E-state index >= 15 is 0 Å². The van der Waals surface area contributed by atoms with Crippen molar-refractivity contribution in [2.24, 2.45) is 5.92 Å². The zero-order valence-electron chi connectivity index (χ0n) is 18.0. The largest absolute Gasteiger partial charge is 0.418 e. The molecule has 0 bridgehead atoms. The number of halogens is 3. The number of H-pyrrole nitrogens is 1. The van der Waals surface area contributed by atoms with Crippen molar-refractivity contribution in [3.05, 3.63) is 51.9 Å². The molecule has 1 unspecified atom stereocenters. The average molecular weight is 459 g/mol. The number of nitriles is 1. The number of fused-ring (bicyclic) bond motifs is 1. The monoisotopic (exact) mass is 459 g/mol. The number of benzene rings is 1. The predicted octanol–water partition coefficient (Wildman–Crippen LogP) is 5.02. The van der Waals surface area contributed by atoms with Gasteiger partial charge >= 0.3 is 6.18 Å². The number of hydrogen-bond acceptors (Lipinski definition) is 5. The summed E-state index contributed by atoms with van der Waals surface area (Å²) < 4.78 is 40.5. The number of aliphatic hydroxyl groups excluding tert-OH is 1. The third-order valence-electron chi connectivity index (χ3n) is 6.23. The molecule has 0 saturated heterocycles. The molecule has 1 fully saturated rings. The van der Waals surface area contributed by atoms with Crippen molar-refractivity contribution < 1.29 is 18.3 Å². The Balaban J connectivity index is 1.74. The molecule has 2 heterocycles. The molecular weight excluding hydrogens is 435 g/mol. The van der Waals surface area contributed by atoms with E-state index in [1.807, 2.05) is 0 Å². The molecule has 3 N–H and O–H groups in total. The van der Waals surface area contributed by atoms with Crippen LogP contribution in [0.1, 0.15) is 55.4 Å². The van der Waals surface area contributed by atoms with Crippen LogP contribution in [-0.2, 0) is 0 Å². The van der Waals surface area contributed by atoms with Gasteiger partial charge in [0.1, 0.15) is 5.39 Å². The van der Waals surface area contributed by atoms with Crippen molar-refractivity contribution in [2.45, 2.75) is 57.3 Å². The predicted molar refractivity (Wildman–Crippen MR) is 117 cm³/mol. The topological polar surface area (TPSA) is 107 Å². The molecular formula is C23H24F3N5O2. The first kappa shape index (κ1) is 22.9. The Morgan fingerprint density at radius 3 is 2.73 bits per heavy atom. The number of rotatable bonds is 4. The van der Waals surface area contributed by atoms with Gasteiger partial charge in [-0.1, -0.05) is 25.3 Å². The second kappa shape index (κ2) is 8.90. The summed E-state index contributed by atoms with van der Waals surface area (Å²) in [6.45, 7) is 1.47. The molecule has 4 rings (SSSR count). The van der Waals surface area contributed by atoms with Crippen LogP contribution < -0.4 is 10.9 Å². The number of nitrogens with zero attached hydrogens (tertiary/aromatic N) is 3. The first-order chi connectivity index (χ1) is 15.7. The van der Waals surface area contributed by atoms with E-state index in [1.165, 1.54) is 31.3 Å². The van der Waals surface area contributed by atoms with Gasteiger partial charge in [-0.15, -0.1) is 0 Å². The van der Waals surface area contributed by atoms with Crippen molar-refractivity contribution >= 4 is 22.4 Å². The van der Waals surface area contributed by atoms with Crippen molar-refractivity contribution in [3.63, 3.8) is 0 Å². The smallest absolute Gasteiger partial charge is 0.379 e. The maximum absolute atomic E-state index is 12.9. The summed E-state index contributed by atoms with van der Waals surface area (Å²) in [4.78, 5) is 15.3. The third kappa shape index (κ3) is 4.46. The van der Waals surface area contributed by atoms with Crippen LogP contribution in [0.25, 0.3) is 10.9 Å². The van der Waals surface area contributed by atoms with Gasteiger partial charge < -0.3 is 15.4 Å². The second-order valence-electron chi connectivity index (χ2n) is 8.44. The number of aromatic amines is 1. The van der Waals surface area contributed by atoms with Crippen molar-refractivity contribution in [3.8, 4) is 6.07 Å². The van der Waals surface area contributed by atoms with Crippen LogP contribution in [-0.4, -0.2) is 26.0 Å². The molecule has 1 saturated carbocycles. The molecule has 1 aliphatic rings. The SMILES string of the molecule is Cc1cc(Nc2nn([C@@H]3CCCCC[C@H]3C#N)c3cc[nH]c(=O)c23)ccc1C(O)C(F)(F)F. The van der Waals surface area contributed by atoms with E-state index in [0.717, 1.165) is 32.1 Å². The summed E-state index contributed by atoms with van der Waals surface area (Å²) in [5.41, 5.74) is 0.670. The first-order valence-electron chi connectivity index (χ1n) is 10.8. The summed E-state index contributed by atoms with van der Waals surface area (Å²) >= 11 is 0. The lowest BCUT2D eigenvalue weighted by Gasteiger charge is -2.20. The van der Waals surface area contributed by atoms with Crippen LogP contribution in [0.15, 0.2) is 35.3 Å². The summed E-state index contributed by atoms with van der Waals surface area (Å²) in [6, 6.07) is 8.02. The van der Waals surface area contributed by atoms with Gasteiger partial charge in [0, 0.05) is 11.9 Å². The highest BCUT2D eigenvalue weighted by molar-refractivity contribution is 5.91. The van der Waals surface area contributed by atoms with E-state index in [0.29, 0.717) is 16.6 Å². The molecule has 33 heavy (non-hydrogen) atoms. The fourth-order valence-electron chi connectivity index (χ4n) is 4.54. The molecule has 0 amide bonds. The molecule has 2 aromatic heterocycles. The normalized spacial score (nSPS) is 20.2. The molecule has 7 nitrogen and oxygen atoms in total. The summed E-state index contributed by atoms with van der Waals surface area (Å²) in [5.74, 6) is 0.0319. The van der Waals surface area contributed by atoms with Crippen molar-refractivity contribution in [2.75, 3.05) is 5.32 Å². The minimum atomic E-state index is -4.77. The summed E-state index contributed by atoms with van der Waals surface area (Å²) in [7, 11) is 0. The third-order valence-corrected chi connectivity index (χ3v) is 6.23. The second-order valence-corrected chi connectivity index (χ2v) is 8.44. The quantitative estimate of drug-likeness (QED) is 0.475. The highest BCUT2D eigenvalue weighted by Crippen LogP contribution is 2.37. The molecule has 0 radical (unpaired) electrons. The maximum Gasteiger partial charge on any atom is 0.418 e. The van der Waals surface area contributed by atoms with E-state index in [9.17, 15) is 28.3 Å². The zero-order valence-corrected chi connectivity index (χ0v) is 18.0. The molecule has 174 valence electrons. The van der Waals surface area contributed by atoms with Gasteiger partial charge in [0.05, 0.1) is 23.5 Å². The van der Waals surface area contributed by atoms with Crippen molar-refractivity contribution in [1.82, 2.24) is 14.8 Å². The lowest BCUT2D eigenvalue weighted by molar-refractivity contribution is -0.206. The Kier molecular flexibility index (Phi) is 6.17. The van der Waals surface area contributed by atoms with Gasteiger partial charge in [0.25, 0.3) is 5.56 Å². The maximum atomic E-state index is 12.9. The fourth-order valence-corrected chi connectivity index (χ4v) is 4.54. The minimum absolute atomic E-state index is 0.177. The van der Waals surface area contributed by atoms with E-state index in [4.69, 9.17) is 0 Å². The number of aryl methyl sites for hydroxylation is 1. The van der Waals surface area contributed by atoms with E-state index in [2.05, 4.69) is 21.5 Å². The van der Waals surface area contributed by atoms with Crippen LogP contribution in [0.4, 0.5) is 24.7 Å². The van der Waals surface area contributed by atoms with Crippen molar-refractivity contribution in [1.29, 1.82) is 5.26 Å². The molecule has 0 spiro atoms. The summed E-state index contributed by atoms with van der Waals surface area (Å²) in [6.07, 6.45) is -1.32. The van der Waals surface area contributed by atoms with E-state index in [-0.39, 0.29) is 34.5 Å². The summed E-state index contributed by atoms with van der Waals surface area (Å²) in [5, 5.41) is 27.3. The van der Waals surface area contributed by atoms with Crippen LogP contribution in [0.3, 0.4) is 0 Å². The van der Waals surface area contributed by atoms with Crippen LogP contribution in [0.2, 0.25) is 0 Å². The van der Waals surface area contributed by atoms with E-state index < -0.39 is 12.3 Å². The van der Waals surface area contributed by atoms with E-state index in [1.54, 1.807) is 10.7 Å². The van der Waals surface area contributed by atoms with Crippen LogP contribution in [0.5, 0.6) is 0 Å². The number of hydrogen-bond donors (Lipinski definition) is 3. The first-order valence-corrected chi connectivity index (χ1v) is 10.8. The number of aliphatic hydroxyl groups is 1. The lowest BCUT2D eigenvalue weighted by atomic mass is 9.96. The molecule has 1 aromatic carbocycles. The Morgan fingerprint density at radius 1 is 1.27 bits per heavy atom. The number of aromatic nitrogens is 3. The molecule has 10 heteroatoms. The van der Waals surface area contributed by atoms with Gasteiger partial charge in [0.15, 0.2) is 11.9 Å². The molecule has 0 aliphatic heterocycles.